The number of ether oxygens (including phenoxy) is 2. The van der Waals surface area contributed by atoms with Gasteiger partial charge in [0.1, 0.15) is 6.10 Å². The Morgan fingerprint density at radius 2 is 1.92 bits per heavy atom. The number of piperidine rings is 3. The summed E-state index contributed by atoms with van der Waals surface area (Å²) < 4.78 is 11.9. The van der Waals surface area contributed by atoms with Gasteiger partial charge in [-0.25, -0.2) is 0 Å². The third-order valence-corrected chi connectivity index (χ3v) is 6.90. The molecule has 1 aromatic rings. The van der Waals surface area contributed by atoms with E-state index in [0.717, 1.165) is 54.6 Å². The van der Waals surface area contributed by atoms with E-state index in [-0.39, 0.29) is 5.92 Å². The third-order valence-electron chi connectivity index (χ3n) is 6.90. The van der Waals surface area contributed by atoms with Gasteiger partial charge in [-0.05, 0) is 74.1 Å². The van der Waals surface area contributed by atoms with E-state index in [1.54, 1.807) is 7.11 Å². The van der Waals surface area contributed by atoms with E-state index >= 15 is 0 Å². The molecule has 4 bridgehead atoms. The van der Waals surface area contributed by atoms with Gasteiger partial charge in [-0.2, -0.15) is 0 Å². The first-order valence-electron chi connectivity index (χ1n) is 10.1. The molecule has 2 aliphatic carbocycles. The summed E-state index contributed by atoms with van der Waals surface area (Å²) in [6.07, 6.45) is 9.55. The molecule has 0 amide bonds. The second-order valence-corrected chi connectivity index (χ2v) is 8.40. The van der Waals surface area contributed by atoms with Gasteiger partial charge in [-0.3, -0.25) is 4.79 Å². The summed E-state index contributed by atoms with van der Waals surface area (Å²) in [7, 11) is 1.69. The van der Waals surface area contributed by atoms with Crippen LogP contribution in [-0.4, -0.2) is 37.0 Å². The lowest BCUT2D eigenvalue weighted by Gasteiger charge is -2.41. The van der Waals surface area contributed by atoms with Gasteiger partial charge in [-0.15, -0.1) is 0 Å². The molecule has 0 spiro atoms. The summed E-state index contributed by atoms with van der Waals surface area (Å²) in [6, 6.07) is 6.04. The first-order chi connectivity index (χ1) is 12.7. The van der Waals surface area contributed by atoms with E-state index in [1.165, 1.54) is 25.7 Å². The van der Waals surface area contributed by atoms with Crippen LogP contribution in [0.25, 0.3) is 6.08 Å². The van der Waals surface area contributed by atoms with Crippen molar-refractivity contribution in [3.63, 3.8) is 0 Å². The van der Waals surface area contributed by atoms with Crippen molar-refractivity contribution in [1.29, 1.82) is 0 Å². The number of ketones is 1. The van der Waals surface area contributed by atoms with Crippen LogP contribution in [0.3, 0.4) is 0 Å². The fourth-order valence-electron chi connectivity index (χ4n) is 5.44. The number of nitrogens with zero attached hydrogens (tertiary/aromatic N) is 1. The van der Waals surface area contributed by atoms with Gasteiger partial charge in [-0.1, -0.05) is 6.07 Å². The van der Waals surface area contributed by atoms with Crippen LogP contribution < -0.4 is 9.47 Å². The van der Waals surface area contributed by atoms with Crippen LogP contribution in [0.4, 0.5) is 0 Å². The predicted molar refractivity (Wildman–Crippen MR) is 100 cm³/mol. The molecule has 6 rings (SSSR count). The Labute approximate surface area is 155 Å². The van der Waals surface area contributed by atoms with Gasteiger partial charge in [0.05, 0.1) is 12.8 Å². The molecule has 0 radical (unpaired) electrons. The minimum Gasteiger partial charge on any atom is -0.493 e. The molecule has 26 heavy (non-hydrogen) atoms. The topological polar surface area (TPSA) is 38.8 Å². The number of hydrogen-bond acceptors (Lipinski definition) is 4. The molecule has 2 saturated carbocycles. The zero-order valence-electron chi connectivity index (χ0n) is 15.4. The molecular formula is C22H27NO3. The lowest BCUT2D eigenvalue weighted by atomic mass is 9.84. The number of hydrogen-bond donors (Lipinski definition) is 0. The fraction of sp³-hybridized carbons (Fsp3) is 0.591. The van der Waals surface area contributed by atoms with Crippen molar-refractivity contribution in [2.75, 3.05) is 20.2 Å². The van der Waals surface area contributed by atoms with E-state index in [1.807, 2.05) is 18.2 Å². The van der Waals surface area contributed by atoms with Crippen molar-refractivity contribution in [3.05, 3.63) is 29.5 Å². The highest BCUT2D eigenvalue weighted by Gasteiger charge is 2.41. The first kappa shape index (κ1) is 16.2. The number of allylic oxidation sites excluding steroid dienone is 1. The molecule has 4 nitrogen and oxygen atoms in total. The minimum atomic E-state index is 0.231. The molecule has 3 unspecified atom stereocenters. The van der Waals surface area contributed by atoms with Gasteiger partial charge in [0.15, 0.2) is 17.3 Å². The van der Waals surface area contributed by atoms with Crippen LogP contribution in [-0.2, 0) is 4.79 Å². The number of Topliss-reactive ketones (excluding diaryl/α,β-unsaturated/α-hetero) is 1. The fourth-order valence-corrected chi connectivity index (χ4v) is 5.44. The minimum absolute atomic E-state index is 0.231. The SMILES string of the molecule is COc1ccc(/C=C2/C(=O)C3CCN2CC3)cc1OC1CC2CCC1C2. The second kappa shape index (κ2) is 6.33. The smallest absolute Gasteiger partial charge is 0.182 e. The maximum absolute atomic E-state index is 12.6. The summed E-state index contributed by atoms with van der Waals surface area (Å²) in [5, 5.41) is 0. The van der Waals surface area contributed by atoms with Crippen molar-refractivity contribution in [2.45, 2.75) is 44.6 Å². The van der Waals surface area contributed by atoms with Crippen molar-refractivity contribution in [2.24, 2.45) is 17.8 Å². The molecule has 5 fully saturated rings. The molecular weight excluding hydrogens is 326 g/mol. The second-order valence-electron chi connectivity index (χ2n) is 8.40. The maximum atomic E-state index is 12.6. The summed E-state index contributed by atoms with van der Waals surface area (Å²) in [6.45, 7) is 2.01. The monoisotopic (exact) mass is 353 g/mol. The summed E-state index contributed by atoms with van der Waals surface area (Å²) >= 11 is 0. The average molecular weight is 353 g/mol. The predicted octanol–water partition coefficient (Wildman–Crippen LogP) is 3.90. The van der Waals surface area contributed by atoms with E-state index in [2.05, 4.69) is 11.0 Å². The van der Waals surface area contributed by atoms with E-state index in [4.69, 9.17) is 9.47 Å². The van der Waals surface area contributed by atoms with Crippen LogP contribution in [0.1, 0.15) is 44.1 Å². The average Bonchev–Trinajstić information content (AvgIpc) is 3.28. The Bertz CT molecular complexity index is 748. The Balaban J connectivity index is 1.41. The number of carbonyl (C=O) groups excluding carboxylic acids is 1. The maximum Gasteiger partial charge on any atom is 0.182 e. The van der Waals surface area contributed by atoms with Gasteiger partial charge >= 0.3 is 0 Å². The molecule has 0 N–H and O–H groups in total. The highest BCUT2D eigenvalue weighted by atomic mass is 16.5. The molecule has 3 atom stereocenters. The lowest BCUT2D eigenvalue weighted by molar-refractivity contribution is -0.125. The Morgan fingerprint density at radius 3 is 2.58 bits per heavy atom. The summed E-state index contributed by atoms with van der Waals surface area (Å²) in [5.74, 6) is 3.70. The molecule has 3 heterocycles. The van der Waals surface area contributed by atoms with Crippen molar-refractivity contribution >= 4 is 11.9 Å². The van der Waals surface area contributed by atoms with Crippen LogP contribution >= 0.6 is 0 Å². The molecule has 138 valence electrons. The number of methoxy groups -OCH3 is 1. The molecule has 4 heteroatoms. The third kappa shape index (κ3) is 2.70. The van der Waals surface area contributed by atoms with Crippen molar-refractivity contribution in [3.8, 4) is 11.5 Å². The molecule has 1 aromatic carbocycles. The Morgan fingerprint density at radius 1 is 1.08 bits per heavy atom. The lowest BCUT2D eigenvalue weighted by Crippen LogP contribution is -2.45. The largest absolute Gasteiger partial charge is 0.493 e. The van der Waals surface area contributed by atoms with Gasteiger partial charge in [0.2, 0.25) is 0 Å². The van der Waals surface area contributed by atoms with E-state index < -0.39 is 0 Å². The zero-order valence-corrected chi connectivity index (χ0v) is 15.4. The van der Waals surface area contributed by atoms with E-state index in [9.17, 15) is 4.79 Å². The normalized spacial score (nSPS) is 31.9. The number of fused-ring (bicyclic) bond motifs is 5. The standard InChI is InChI=1S/C22H27NO3/c1-25-19-5-3-15(11-18-22(24)16-6-8-23(18)9-7-16)13-21(19)26-20-12-14-2-4-17(20)10-14/h3,5,11,13-14,16-17,20H,2,4,6-10,12H2,1H3/b18-11-. The van der Waals surface area contributed by atoms with Crippen LogP contribution in [0.5, 0.6) is 11.5 Å². The van der Waals surface area contributed by atoms with Gasteiger partial charge in [0, 0.05) is 19.0 Å². The first-order valence-corrected chi connectivity index (χ1v) is 10.1. The number of carbonyl (C=O) groups is 1. The highest BCUT2D eigenvalue weighted by Crippen LogP contribution is 2.47. The van der Waals surface area contributed by atoms with Crippen molar-refractivity contribution in [1.82, 2.24) is 4.90 Å². The quantitative estimate of drug-likeness (QED) is 0.770. The summed E-state index contributed by atoms with van der Waals surface area (Å²) in [4.78, 5) is 14.8. The van der Waals surface area contributed by atoms with Gasteiger partial charge < -0.3 is 14.4 Å². The van der Waals surface area contributed by atoms with E-state index in [0.29, 0.717) is 17.8 Å². The number of benzene rings is 1. The zero-order chi connectivity index (χ0) is 17.7. The number of rotatable bonds is 4. The van der Waals surface area contributed by atoms with Crippen molar-refractivity contribution < 1.29 is 14.3 Å². The van der Waals surface area contributed by atoms with Crippen LogP contribution in [0, 0.1) is 17.8 Å². The molecule has 0 aromatic heterocycles. The Hall–Kier alpha value is -1.97. The highest BCUT2D eigenvalue weighted by molar-refractivity contribution is 6.01. The molecule has 5 aliphatic rings. The van der Waals surface area contributed by atoms with Crippen LogP contribution in [0.15, 0.2) is 23.9 Å². The molecule has 3 aliphatic heterocycles. The molecule has 3 saturated heterocycles. The Kier molecular flexibility index (Phi) is 3.95. The van der Waals surface area contributed by atoms with Gasteiger partial charge in [0.25, 0.3) is 0 Å². The summed E-state index contributed by atoms with van der Waals surface area (Å²) in [5.41, 5.74) is 1.91. The van der Waals surface area contributed by atoms with Crippen LogP contribution in [0.2, 0.25) is 0 Å².